The maximum Gasteiger partial charge on any atom is 0.407 e. The summed E-state index contributed by atoms with van der Waals surface area (Å²) < 4.78 is 0. The molecule has 0 bridgehead atoms. The Balaban J connectivity index is 1.97. The van der Waals surface area contributed by atoms with Crippen molar-refractivity contribution in [2.24, 2.45) is 0 Å². The van der Waals surface area contributed by atoms with Gasteiger partial charge in [-0.2, -0.15) is 0 Å². The number of nitrogens with zero attached hydrogens (tertiary/aromatic N) is 1. The van der Waals surface area contributed by atoms with Gasteiger partial charge in [0, 0.05) is 18.6 Å². The second kappa shape index (κ2) is 5.19. The van der Waals surface area contributed by atoms with Gasteiger partial charge in [0.25, 0.3) is 0 Å². The molecule has 0 radical (unpaired) electrons. The topological polar surface area (TPSA) is 52.6 Å². The van der Waals surface area contributed by atoms with Crippen LogP contribution < -0.4 is 5.32 Å². The molecule has 92 valence electrons. The Morgan fingerprint density at radius 3 is 2.59 bits per heavy atom. The van der Waals surface area contributed by atoms with Crippen molar-refractivity contribution in [1.29, 1.82) is 0 Å². The molecule has 0 unspecified atom stereocenters. The first kappa shape index (κ1) is 11.9. The number of benzene rings is 1. The lowest BCUT2D eigenvalue weighted by molar-refractivity contribution is 0.0785. The van der Waals surface area contributed by atoms with E-state index in [9.17, 15) is 9.90 Å². The number of nitrogens with one attached hydrogen (secondary N) is 1. The van der Waals surface area contributed by atoms with Crippen molar-refractivity contribution in [1.82, 2.24) is 10.2 Å². The summed E-state index contributed by atoms with van der Waals surface area (Å²) >= 11 is 0. The number of amides is 1. The van der Waals surface area contributed by atoms with Gasteiger partial charge in [-0.1, -0.05) is 30.3 Å². The molecule has 0 spiro atoms. The van der Waals surface area contributed by atoms with Gasteiger partial charge in [-0.25, -0.2) is 4.79 Å². The minimum Gasteiger partial charge on any atom is -0.465 e. The summed E-state index contributed by atoms with van der Waals surface area (Å²) in [4.78, 5) is 12.8. The van der Waals surface area contributed by atoms with Crippen molar-refractivity contribution < 1.29 is 9.90 Å². The molecule has 1 aliphatic carbocycles. The Morgan fingerprint density at radius 1 is 1.41 bits per heavy atom. The first-order chi connectivity index (χ1) is 8.20. The van der Waals surface area contributed by atoms with Gasteiger partial charge < -0.3 is 15.3 Å². The van der Waals surface area contributed by atoms with Gasteiger partial charge in [0.05, 0.1) is 0 Å². The van der Waals surface area contributed by atoms with Crippen LogP contribution in [0.15, 0.2) is 30.3 Å². The SMILES string of the molecule is CN[C@H]1C[C@@H](N(Cc2ccccc2)C(=O)O)C1. The molecule has 4 heteroatoms. The molecule has 4 nitrogen and oxygen atoms in total. The molecule has 1 fully saturated rings. The molecule has 1 amide bonds. The third kappa shape index (κ3) is 2.77. The van der Waals surface area contributed by atoms with Crippen molar-refractivity contribution in [3.63, 3.8) is 0 Å². The molecule has 2 rings (SSSR count). The lowest BCUT2D eigenvalue weighted by Crippen LogP contribution is -2.52. The summed E-state index contributed by atoms with van der Waals surface area (Å²) in [5.41, 5.74) is 1.04. The smallest absolute Gasteiger partial charge is 0.407 e. The lowest BCUT2D eigenvalue weighted by Gasteiger charge is -2.41. The second-order valence-corrected chi connectivity index (χ2v) is 4.51. The monoisotopic (exact) mass is 234 g/mol. The Bertz CT molecular complexity index is 374. The Morgan fingerprint density at radius 2 is 2.06 bits per heavy atom. The van der Waals surface area contributed by atoms with E-state index in [0.29, 0.717) is 12.6 Å². The molecule has 0 aromatic heterocycles. The average Bonchev–Trinajstić information content (AvgIpc) is 2.27. The molecule has 0 saturated heterocycles. The largest absolute Gasteiger partial charge is 0.465 e. The first-order valence-electron chi connectivity index (χ1n) is 5.91. The van der Waals surface area contributed by atoms with Crippen LogP contribution >= 0.6 is 0 Å². The Hall–Kier alpha value is -1.55. The fourth-order valence-corrected chi connectivity index (χ4v) is 2.21. The minimum atomic E-state index is -0.826. The molecule has 0 atom stereocenters. The summed E-state index contributed by atoms with van der Waals surface area (Å²) in [5, 5.41) is 12.4. The van der Waals surface area contributed by atoms with E-state index in [1.54, 1.807) is 4.90 Å². The number of carbonyl (C=O) groups is 1. The van der Waals surface area contributed by atoms with Crippen LogP contribution in [0.2, 0.25) is 0 Å². The van der Waals surface area contributed by atoms with Crippen LogP contribution in [0.25, 0.3) is 0 Å². The van der Waals surface area contributed by atoms with E-state index in [1.165, 1.54) is 0 Å². The van der Waals surface area contributed by atoms with E-state index in [4.69, 9.17) is 0 Å². The Kier molecular flexibility index (Phi) is 3.64. The van der Waals surface area contributed by atoms with Crippen molar-refractivity contribution in [3.05, 3.63) is 35.9 Å². The van der Waals surface area contributed by atoms with Crippen LogP contribution in [0.3, 0.4) is 0 Å². The first-order valence-corrected chi connectivity index (χ1v) is 5.91. The zero-order valence-corrected chi connectivity index (χ0v) is 9.97. The summed E-state index contributed by atoms with van der Waals surface area (Å²) in [6.45, 7) is 0.483. The van der Waals surface area contributed by atoms with Crippen LogP contribution in [0.1, 0.15) is 18.4 Å². The molecule has 0 aliphatic heterocycles. The van der Waals surface area contributed by atoms with Gasteiger partial charge in [-0.3, -0.25) is 0 Å². The van der Waals surface area contributed by atoms with Crippen LogP contribution in [0, 0.1) is 0 Å². The Labute approximate surface area is 101 Å². The van der Waals surface area contributed by atoms with Gasteiger partial charge in [0.15, 0.2) is 0 Å². The van der Waals surface area contributed by atoms with Gasteiger partial charge in [-0.15, -0.1) is 0 Å². The average molecular weight is 234 g/mol. The summed E-state index contributed by atoms with van der Waals surface area (Å²) in [6, 6.07) is 10.4. The highest BCUT2D eigenvalue weighted by molar-refractivity contribution is 5.65. The number of carboxylic acid groups (broad SMARTS) is 1. The maximum absolute atomic E-state index is 11.2. The fourth-order valence-electron chi connectivity index (χ4n) is 2.21. The molecule has 1 aromatic rings. The molecular weight excluding hydrogens is 216 g/mol. The number of rotatable bonds is 4. The molecular formula is C13H18N2O2. The third-order valence-electron chi connectivity index (χ3n) is 3.40. The molecule has 0 heterocycles. The van der Waals surface area contributed by atoms with Crippen LogP contribution in [0.4, 0.5) is 4.79 Å². The second-order valence-electron chi connectivity index (χ2n) is 4.51. The standard InChI is InChI=1S/C13H18N2O2/c1-14-11-7-12(8-11)15(13(16)17)9-10-5-3-2-4-6-10/h2-6,11-12,14H,7-9H2,1H3,(H,16,17)/t11-,12+. The van der Waals surface area contributed by atoms with Crippen LogP contribution in [0.5, 0.6) is 0 Å². The van der Waals surface area contributed by atoms with E-state index in [0.717, 1.165) is 18.4 Å². The van der Waals surface area contributed by atoms with E-state index in [1.807, 2.05) is 37.4 Å². The van der Waals surface area contributed by atoms with Crippen LogP contribution in [-0.2, 0) is 6.54 Å². The van der Waals surface area contributed by atoms with E-state index < -0.39 is 6.09 Å². The zero-order chi connectivity index (χ0) is 12.3. The predicted octanol–water partition coefficient (Wildman–Crippen LogP) is 1.92. The molecule has 1 saturated carbocycles. The normalized spacial score (nSPS) is 22.9. The van der Waals surface area contributed by atoms with Crippen molar-refractivity contribution in [2.75, 3.05) is 7.05 Å². The highest BCUT2D eigenvalue weighted by Gasteiger charge is 2.35. The van der Waals surface area contributed by atoms with Crippen molar-refractivity contribution in [3.8, 4) is 0 Å². The molecule has 2 N–H and O–H groups in total. The number of hydrogen-bond donors (Lipinski definition) is 2. The number of hydrogen-bond acceptors (Lipinski definition) is 2. The van der Waals surface area contributed by atoms with E-state index in [2.05, 4.69) is 5.32 Å². The maximum atomic E-state index is 11.2. The fraction of sp³-hybridized carbons (Fsp3) is 0.462. The molecule has 1 aliphatic rings. The summed E-state index contributed by atoms with van der Waals surface area (Å²) in [7, 11) is 1.92. The molecule has 17 heavy (non-hydrogen) atoms. The van der Waals surface area contributed by atoms with Gasteiger partial charge >= 0.3 is 6.09 Å². The minimum absolute atomic E-state index is 0.158. The van der Waals surface area contributed by atoms with Crippen LogP contribution in [-0.4, -0.2) is 35.2 Å². The molecule has 1 aromatic carbocycles. The third-order valence-corrected chi connectivity index (χ3v) is 3.40. The highest BCUT2D eigenvalue weighted by atomic mass is 16.4. The van der Waals surface area contributed by atoms with Gasteiger partial charge in [0.2, 0.25) is 0 Å². The predicted molar refractivity (Wildman–Crippen MR) is 65.9 cm³/mol. The summed E-state index contributed by atoms with van der Waals surface area (Å²) in [6.07, 6.45) is 0.999. The van der Waals surface area contributed by atoms with Crippen molar-refractivity contribution >= 4 is 6.09 Å². The van der Waals surface area contributed by atoms with Gasteiger partial charge in [0.1, 0.15) is 0 Å². The zero-order valence-electron chi connectivity index (χ0n) is 9.97. The quantitative estimate of drug-likeness (QED) is 0.836. The summed E-state index contributed by atoms with van der Waals surface area (Å²) in [5.74, 6) is 0. The van der Waals surface area contributed by atoms with Crippen molar-refractivity contribution in [2.45, 2.75) is 31.5 Å². The lowest BCUT2D eigenvalue weighted by atomic mass is 9.85. The van der Waals surface area contributed by atoms with E-state index >= 15 is 0 Å². The highest BCUT2D eigenvalue weighted by Crippen LogP contribution is 2.26. The van der Waals surface area contributed by atoms with Gasteiger partial charge in [-0.05, 0) is 25.5 Å². The van der Waals surface area contributed by atoms with E-state index in [-0.39, 0.29) is 6.04 Å².